The van der Waals surface area contributed by atoms with Gasteiger partial charge in [-0.3, -0.25) is 4.79 Å². The number of aromatic amines is 1. The van der Waals surface area contributed by atoms with E-state index in [4.69, 9.17) is 11.6 Å². The predicted molar refractivity (Wildman–Crippen MR) is 86.8 cm³/mol. The molecule has 106 valence electrons. The average molecular weight is 299 g/mol. The highest BCUT2D eigenvalue weighted by Gasteiger charge is 2.09. The lowest BCUT2D eigenvalue weighted by Gasteiger charge is -2.05. The minimum Gasteiger partial charge on any atom is -0.361 e. The van der Waals surface area contributed by atoms with Gasteiger partial charge in [0.15, 0.2) is 0 Å². The molecular formula is C17H15ClN2O. The molecule has 0 saturated heterocycles. The van der Waals surface area contributed by atoms with Crippen molar-refractivity contribution in [3.63, 3.8) is 0 Å². The molecule has 3 rings (SSSR count). The first-order valence-electron chi connectivity index (χ1n) is 6.74. The summed E-state index contributed by atoms with van der Waals surface area (Å²) in [5, 5.41) is 4.57. The summed E-state index contributed by atoms with van der Waals surface area (Å²) in [4.78, 5) is 15.3. The van der Waals surface area contributed by atoms with E-state index in [0.29, 0.717) is 11.4 Å². The average Bonchev–Trinajstić information content (AvgIpc) is 2.81. The SMILES string of the molecule is Cc1cccc(NC(=O)Cc2c[nH]c3ccc(Cl)cc23)c1. The van der Waals surface area contributed by atoms with E-state index in [-0.39, 0.29) is 5.91 Å². The highest BCUT2D eigenvalue weighted by molar-refractivity contribution is 6.31. The minimum absolute atomic E-state index is 0.0403. The third-order valence-corrected chi connectivity index (χ3v) is 3.62. The van der Waals surface area contributed by atoms with Gasteiger partial charge in [-0.25, -0.2) is 0 Å². The van der Waals surface area contributed by atoms with Crippen molar-refractivity contribution in [2.45, 2.75) is 13.3 Å². The zero-order valence-corrected chi connectivity index (χ0v) is 12.4. The van der Waals surface area contributed by atoms with Crippen LogP contribution in [0.1, 0.15) is 11.1 Å². The summed E-state index contributed by atoms with van der Waals surface area (Å²) in [5.41, 5.74) is 3.86. The Bertz CT molecular complexity index is 807. The van der Waals surface area contributed by atoms with Gasteiger partial charge in [-0.15, -0.1) is 0 Å². The Kier molecular flexibility index (Phi) is 3.67. The van der Waals surface area contributed by atoms with Crippen LogP contribution in [-0.4, -0.2) is 10.9 Å². The smallest absolute Gasteiger partial charge is 0.228 e. The molecule has 0 atom stereocenters. The number of benzene rings is 2. The van der Waals surface area contributed by atoms with Crippen LogP contribution in [0.4, 0.5) is 5.69 Å². The maximum atomic E-state index is 12.2. The number of aryl methyl sites for hydroxylation is 1. The lowest BCUT2D eigenvalue weighted by molar-refractivity contribution is -0.115. The van der Waals surface area contributed by atoms with Gasteiger partial charge >= 0.3 is 0 Å². The van der Waals surface area contributed by atoms with Crippen LogP contribution in [0.25, 0.3) is 10.9 Å². The first-order valence-corrected chi connectivity index (χ1v) is 7.11. The van der Waals surface area contributed by atoms with Gasteiger partial charge < -0.3 is 10.3 Å². The van der Waals surface area contributed by atoms with E-state index in [1.807, 2.05) is 55.6 Å². The topological polar surface area (TPSA) is 44.9 Å². The van der Waals surface area contributed by atoms with E-state index < -0.39 is 0 Å². The van der Waals surface area contributed by atoms with Crippen LogP contribution >= 0.6 is 11.6 Å². The molecule has 0 bridgehead atoms. The van der Waals surface area contributed by atoms with Gasteiger partial charge in [0.2, 0.25) is 5.91 Å². The zero-order chi connectivity index (χ0) is 14.8. The summed E-state index contributed by atoms with van der Waals surface area (Å²) in [6.45, 7) is 2.00. The summed E-state index contributed by atoms with van der Waals surface area (Å²) in [6, 6.07) is 13.4. The molecule has 0 spiro atoms. The number of anilines is 1. The van der Waals surface area contributed by atoms with Crippen LogP contribution < -0.4 is 5.32 Å². The molecule has 0 saturated carbocycles. The van der Waals surface area contributed by atoms with E-state index in [0.717, 1.165) is 27.7 Å². The number of carbonyl (C=O) groups excluding carboxylic acids is 1. The molecule has 0 radical (unpaired) electrons. The van der Waals surface area contributed by atoms with Crippen LogP contribution in [0.5, 0.6) is 0 Å². The Morgan fingerprint density at radius 1 is 1.24 bits per heavy atom. The fourth-order valence-corrected chi connectivity index (χ4v) is 2.57. The van der Waals surface area contributed by atoms with Crippen LogP contribution in [0, 0.1) is 6.92 Å². The van der Waals surface area contributed by atoms with E-state index in [1.165, 1.54) is 0 Å². The van der Waals surface area contributed by atoms with E-state index in [2.05, 4.69) is 10.3 Å². The number of halogens is 1. The molecule has 0 aliphatic carbocycles. The fraction of sp³-hybridized carbons (Fsp3) is 0.118. The van der Waals surface area contributed by atoms with Crippen LogP contribution in [0.15, 0.2) is 48.7 Å². The van der Waals surface area contributed by atoms with Crippen molar-refractivity contribution >= 4 is 34.1 Å². The van der Waals surface area contributed by atoms with Crippen molar-refractivity contribution in [2.75, 3.05) is 5.32 Å². The predicted octanol–water partition coefficient (Wildman–Crippen LogP) is 4.31. The van der Waals surface area contributed by atoms with Crippen molar-refractivity contribution in [3.05, 3.63) is 64.8 Å². The number of hydrogen-bond donors (Lipinski definition) is 2. The van der Waals surface area contributed by atoms with Gasteiger partial charge in [0.25, 0.3) is 0 Å². The normalized spacial score (nSPS) is 10.8. The molecule has 0 unspecified atom stereocenters. The van der Waals surface area contributed by atoms with Crippen molar-refractivity contribution in [3.8, 4) is 0 Å². The number of rotatable bonds is 3. The number of aromatic nitrogens is 1. The van der Waals surface area contributed by atoms with Crippen LogP contribution in [-0.2, 0) is 11.2 Å². The number of carbonyl (C=O) groups is 1. The lowest BCUT2D eigenvalue weighted by Crippen LogP contribution is -2.14. The summed E-state index contributed by atoms with van der Waals surface area (Å²) in [7, 11) is 0. The minimum atomic E-state index is -0.0403. The Morgan fingerprint density at radius 3 is 2.90 bits per heavy atom. The molecule has 1 heterocycles. The molecule has 2 aromatic carbocycles. The first kappa shape index (κ1) is 13.7. The molecule has 2 N–H and O–H groups in total. The third kappa shape index (κ3) is 3.09. The Morgan fingerprint density at radius 2 is 2.10 bits per heavy atom. The van der Waals surface area contributed by atoms with Crippen molar-refractivity contribution in [1.29, 1.82) is 0 Å². The van der Waals surface area contributed by atoms with Crippen molar-refractivity contribution in [1.82, 2.24) is 4.98 Å². The summed E-state index contributed by atoms with van der Waals surface area (Å²) in [5.74, 6) is -0.0403. The third-order valence-electron chi connectivity index (χ3n) is 3.38. The number of hydrogen-bond acceptors (Lipinski definition) is 1. The molecule has 0 fully saturated rings. The molecule has 3 aromatic rings. The number of nitrogens with one attached hydrogen (secondary N) is 2. The van der Waals surface area contributed by atoms with Crippen molar-refractivity contribution in [2.24, 2.45) is 0 Å². The second-order valence-electron chi connectivity index (χ2n) is 5.10. The maximum Gasteiger partial charge on any atom is 0.228 e. The van der Waals surface area contributed by atoms with Gasteiger partial charge in [0.1, 0.15) is 0 Å². The van der Waals surface area contributed by atoms with E-state index in [1.54, 1.807) is 0 Å². The van der Waals surface area contributed by atoms with Gasteiger partial charge in [-0.2, -0.15) is 0 Å². The molecule has 4 heteroatoms. The number of H-pyrrole nitrogens is 1. The second kappa shape index (κ2) is 5.62. The van der Waals surface area contributed by atoms with Gasteiger partial charge in [0, 0.05) is 27.8 Å². The monoisotopic (exact) mass is 298 g/mol. The van der Waals surface area contributed by atoms with Gasteiger partial charge in [0.05, 0.1) is 6.42 Å². The number of fused-ring (bicyclic) bond motifs is 1. The molecule has 3 nitrogen and oxygen atoms in total. The molecule has 0 aliphatic heterocycles. The molecule has 21 heavy (non-hydrogen) atoms. The summed E-state index contributed by atoms with van der Waals surface area (Å²) >= 11 is 6.02. The highest BCUT2D eigenvalue weighted by atomic mass is 35.5. The highest BCUT2D eigenvalue weighted by Crippen LogP contribution is 2.23. The van der Waals surface area contributed by atoms with Gasteiger partial charge in [-0.1, -0.05) is 23.7 Å². The van der Waals surface area contributed by atoms with E-state index in [9.17, 15) is 4.79 Å². The Hall–Kier alpha value is -2.26. The van der Waals surface area contributed by atoms with Crippen molar-refractivity contribution < 1.29 is 4.79 Å². The second-order valence-corrected chi connectivity index (χ2v) is 5.53. The summed E-state index contributed by atoms with van der Waals surface area (Å²) < 4.78 is 0. The maximum absolute atomic E-state index is 12.2. The standard InChI is InChI=1S/C17H15ClN2O/c1-11-3-2-4-14(7-11)20-17(21)8-12-10-19-16-6-5-13(18)9-15(12)16/h2-7,9-10,19H,8H2,1H3,(H,20,21). The molecule has 1 amide bonds. The molecule has 0 aliphatic rings. The molecular weight excluding hydrogens is 284 g/mol. The summed E-state index contributed by atoms with van der Waals surface area (Å²) in [6.07, 6.45) is 2.17. The van der Waals surface area contributed by atoms with Gasteiger partial charge in [-0.05, 0) is 48.4 Å². The van der Waals surface area contributed by atoms with Crippen LogP contribution in [0.3, 0.4) is 0 Å². The molecule has 1 aromatic heterocycles. The Balaban J connectivity index is 1.79. The Labute approximate surface area is 127 Å². The first-order chi connectivity index (χ1) is 10.1. The number of amides is 1. The quantitative estimate of drug-likeness (QED) is 0.743. The fourth-order valence-electron chi connectivity index (χ4n) is 2.40. The largest absolute Gasteiger partial charge is 0.361 e. The van der Waals surface area contributed by atoms with Crippen LogP contribution in [0.2, 0.25) is 5.02 Å². The lowest BCUT2D eigenvalue weighted by atomic mass is 10.1. The van der Waals surface area contributed by atoms with E-state index >= 15 is 0 Å². The zero-order valence-electron chi connectivity index (χ0n) is 11.6.